The molecule has 2 aromatic carbocycles. The van der Waals surface area contributed by atoms with Gasteiger partial charge in [-0.3, -0.25) is 9.69 Å². The lowest BCUT2D eigenvalue weighted by atomic mass is 10.2. The minimum absolute atomic E-state index is 0.00168. The molecule has 0 unspecified atom stereocenters. The maximum Gasteiger partial charge on any atom is 0.387 e. The average molecular weight is 461 g/mol. The van der Waals surface area contributed by atoms with E-state index in [-0.39, 0.29) is 17.4 Å². The number of halogens is 3. The molecule has 1 aliphatic rings. The van der Waals surface area contributed by atoms with Crippen molar-refractivity contribution in [1.29, 1.82) is 0 Å². The number of amidine groups is 1. The third kappa shape index (κ3) is 5.15. The van der Waals surface area contributed by atoms with Crippen LogP contribution in [0.3, 0.4) is 0 Å². The van der Waals surface area contributed by atoms with E-state index in [0.29, 0.717) is 27.4 Å². The molecule has 31 heavy (non-hydrogen) atoms. The predicted molar refractivity (Wildman–Crippen MR) is 117 cm³/mol. The largest absolute Gasteiger partial charge is 0.465 e. The quantitative estimate of drug-likeness (QED) is 0.410. The number of alkyl halides is 2. The molecule has 4 rings (SSSR count). The molecular formula is C22H15ClF2N2O3S. The average Bonchev–Trinajstić information content (AvgIpc) is 3.35. The monoisotopic (exact) mass is 460 g/mol. The number of rotatable bonds is 6. The van der Waals surface area contributed by atoms with Crippen molar-refractivity contribution >= 4 is 46.2 Å². The van der Waals surface area contributed by atoms with Gasteiger partial charge in [0.1, 0.15) is 17.2 Å². The Labute approximate surface area is 186 Å². The summed E-state index contributed by atoms with van der Waals surface area (Å²) in [6.45, 7) is -2.92. The summed E-state index contributed by atoms with van der Waals surface area (Å²) in [5, 5.41) is 1.07. The Morgan fingerprint density at radius 1 is 1.16 bits per heavy atom. The molecule has 1 aliphatic heterocycles. The first-order chi connectivity index (χ1) is 15.0. The van der Waals surface area contributed by atoms with E-state index in [2.05, 4.69) is 9.73 Å². The molecule has 9 heteroatoms. The molecule has 0 spiro atoms. The van der Waals surface area contributed by atoms with Gasteiger partial charge in [0.2, 0.25) is 0 Å². The number of hydrogen-bond donors (Lipinski definition) is 0. The number of nitrogens with zero attached hydrogens (tertiary/aromatic N) is 2. The third-order valence-electron chi connectivity index (χ3n) is 4.23. The lowest BCUT2D eigenvalue weighted by Gasteiger charge is -2.18. The van der Waals surface area contributed by atoms with Crippen LogP contribution in [0.5, 0.6) is 5.75 Å². The van der Waals surface area contributed by atoms with Crippen LogP contribution in [-0.4, -0.2) is 17.7 Å². The summed E-state index contributed by atoms with van der Waals surface area (Å²) in [4.78, 5) is 19.0. The Morgan fingerprint density at radius 2 is 1.97 bits per heavy atom. The van der Waals surface area contributed by atoms with E-state index in [4.69, 9.17) is 16.0 Å². The van der Waals surface area contributed by atoms with Gasteiger partial charge in [-0.15, -0.1) is 0 Å². The van der Waals surface area contributed by atoms with Gasteiger partial charge in [0.25, 0.3) is 5.91 Å². The van der Waals surface area contributed by atoms with Crippen LogP contribution in [0.4, 0.5) is 14.5 Å². The number of carbonyl (C=O) groups is 1. The molecule has 1 aromatic heterocycles. The summed E-state index contributed by atoms with van der Waals surface area (Å²) >= 11 is 7.41. The second-order valence-electron chi connectivity index (χ2n) is 6.37. The summed E-state index contributed by atoms with van der Waals surface area (Å²) in [6, 6.07) is 16.6. The molecule has 1 amide bonds. The SMILES string of the molecule is O=C1/C(=C\c2ccco2)N=C(SCc2cccc(Cl)c2)N1c1ccc(OC(F)F)cc1. The zero-order valence-corrected chi connectivity index (χ0v) is 17.4. The number of aliphatic imine (C=N–C) groups is 1. The smallest absolute Gasteiger partial charge is 0.387 e. The van der Waals surface area contributed by atoms with Gasteiger partial charge in [0.05, 0.1) is 12.0 Å². The lowest BCUT2D eigenvalue weighted by molar-refractivity contribution is -0.113. The predicted octanol–water partition coefficient (Wildman–Crippen LogP) is 6.21. The fourth-order valence-electron chi connectivity index (χ4n) is 2.88. The molecule has 0 saturated heterocycles. The van der Waals surface area contributed by atoms with E-state index in [1.807, 2.05) is 18.2 Å². The van der Waals surface area contributed by atoms with Crippen molar-refractivity contribution in [2.75, 3.05) is 4.90 Å². The summed E-state index contributed by atoms with van der Waals surface area (Å²) in [5.74, 6) is 0.673. The number of benzene rings is 2. The van der Waals surface area contributed by atoms with Crippen molar-refractivity contribution in [2.45, 2.75) is 12.4 Å². The Morgan fingerprint density at radius 3 is 2.65 bits per heavy atom. The molecule has 0 fully saturated rings. The van der Waals surface area contributed by atoms with E-state index in [1.54, 1.807) is 24.3 Å². The first-order valence-corrected chi connectivity index (χ1v) is 10.5. The number of amides is 1. The van der Waals surface area contributed by atoms with E-state index in [9.17, 15) is 13.6 Å². The maximum absolute atomic E-state index is 13.1. The van der Waals surface area contributed by atoms with Gasteiger partial charge in [-0.25, -0.2) is 4.99 Å². The van der Waals surface area contributed by atoms with Crippen molar-refractivity contribution in [3.8, 4) is 5.75 Å². The van der Waals surface area contributed by atoms with Crippen molar-refractivity contribution < 1.29 is 22.7 Å². The number of carbonyl (C=O) groups excluding carboxylic acids is 1. The van der Waals surface area contributed by atoms with Crippen LogP contribution in [0.15, 0.2) is 82.0 Å². The lowest BCUT2D eigenvalue weighted by Crippen LogP contribution is -2.30. The fraction of sp³-hybridized carbons (Fsp3) is 0.0909. The highest BCUT2D eigenvalue weighted by Crippen LogP contribution is 2.32. The van der Waals surface area contributed by atoms with E-state index in [1.165, 1.54) is 47.2 Å². The van der Waals surface area contributed by atoms with Crippen LogP contribution >= 0.6 is 23.4 Å². The van der Waals surface area contributed by atoms with Crippen LogP contribution in [0, 0.1) is 0 Å². The molecule has 0 bridgehead atoms. The Kier molecular flexibility index (Phi) is 6.39. The fourth-order valence-corrected chi connectivity index (χ4v) is 4.05. The van der Waals surface area contributed by atoms with Crippen LogP contribution in [0.1, 0.15) is 11.3 Å². The second-order valence-corrected chi connectivity index (χ2v) is 7.75. The summed E-state index contributed by atoms with van der Waals surface area (Å²) in [5.41, 5.74) is 1.65. The van der Waals surface area contributed by atoms with Crippen LogP contribution in [0.2, 0.25) is 5.02 Å². The zero-order chi connectivity index (χ0) is 21.8. The van der Waals surface area contributed by atoms with Crippen LogP contribution in [0.25, 0.3) is 6.08 Å². The number of furan rings is 1. The van der Waals surface area contributed by atoms with Gasteiger partial charge in [-0.1, -0.05) is 35.5 Å². The maximum atomic E-state index is 13.1. The van der Waals surface area contributed by atoms with Gasteiger partial charge < -0.3 is 9.15 Å². The third-order valence-corrected chi connectivity index (χ3v) is 5.47. The van der Waals surface area contributed by atoms with Gasteiger partial charge in [0.15, 0.2) is 5.17 Å². The highest BCUT2D eigenvalue weighted by atomic mass is 35.5. The summed E-state index contributed by atoms with van der Waals surface area (Å²) in [6.07, 6.45) is 3.06. The molecule has 0 aliphatic carbocycles. The molecule has 0 saturated carbocycles. The van der Waals surface area contributed by atoms with Crippen molar-refractivity contribution in [3.05, 3.63) is 89.0 Å². The van der Waals surface area contributed by atoms with Gasteiger partial charge >= 0.3 is 6.61 Å². The Balaban J connectivity index is 1.62. The van der Waals surface area contributed by atoms with Crippen molar-refractivity contribution in [2.24, 2.45) is 4.99 Å². The summed E-state index contributed by atoms with van der Waals surface area (Å²) in [7, 11) is 0. The molecular weight excluding hydrogens is 446 g/mol. The minimum atomic E-state index is -2.92. The van der Waals surface area contributed by atoms with Gasteiger partial charge in [-0.2, -0.15) is 8.78 Å². The molecule has 5 nitrogen and oxygen atoms in total. The first-order valence-electron chi connectivity index (χ1n) is 9.10. The highest BCUT2D eigenvalue weighted by molar-refractivity contribution is 8.13. The van der Waals surface area contributed by atoms with Gasteiger partial charge in [0, 0.05) is 16.9 Å². The first kappa shape index (κ1) is 21.1. The molecule has 2 heterocycles. The van der Waals surface area contributed by atoms with Gasteiger partial charge in [-0.05, 0) is 54.1 Å². The van der Waals surface area contributed by atoms with Crippen molar-refractivity contribution in [3.63, 3.8) is 0 Å². The number of thioether (sulfide) groups is 1. The molecule has 0 radical (unpaired) electrons. The van der Waals surface area contributed by atoms with E-state index >= 15 is 0 Å². The van der Waals surface area contributed by atoms with Crippen LogP contribution < -0.4 is 9.64 Å². The Hall–Kier alpha value is -3.10. The van der Waals surface area contributed by atoms with Crippen molar-refractivity contribution in [1.82, 2.24) is 0 Å². The molecule has 0 N–H and O–H groups in total. The number of ether oxygens (including phenoxy) is 1. The zero-order valence-electron chi connectivity index (χ0n) is 15.9. The molecule has 0 atom stereocenters. The summed E-state index contributed by atoms with van der Waals surface area (Å²) < 4.78 is 34.5. The topological polar surface area (TPSA) is 55.0 Å². The van der Waals surface area contributed by atoms with Crippen LogP contribution in [-0.2, 0) is 10.5 Å². The number of anilines is 1. The number of hydrogen-bond acceptors (Lipinski definition) is 5. The second kappa shape index (κ2) is 9.36. The minimum Gasteiger partial charge on any atom is -0.465 e. The van der Waals surface area contributed by atoms with E-state index < -0.39 is 6.61 Å². The molecule has 3 aromatic rings. The normalized spacial score (nSPS) is 15.1. The Bertz CT molecular complexity index is 1130. The molecule has 158 valence electrons. The standard InChI is InChI=1S/C22H15ClF2N2O3S/c23-15-4-1-3-14(11-15)13-31-22-26-19(12-18-5-2-10-29-18)20(28)27(22)16-6-8-17(9-7-16)30-21(24)25/h1-12,21H,13H2/b19-12+. The van der Waals surface area contributed by atoms with E-state index in [0.717, 1.165) is 5.56 Å². The highest BCUT2D eigenvalue weighted by Gasteiger charge is 2.32.